The second-order valence-electron chi connectivity index (χ2n) is 6.97. The van der Waals surface area contributed by atoms with Crippen molar-refractivity contribution in [2.24, 2.45) is 0 Å². The zero-order chi connectivity index (χ0) is 19.3. The molecule has 5 rings (SSSR count). The Bertz CT molecular complexity index is 1290. The molecule has 1 unspecified atom stereocenters. The number of fused-ring (bicyclic) bond motifs is 2. The van der Waals surface area contributed by atoms with E-state index in [1.165, 1.54) is 22.1 Å². The molecule has 1 atom stereocenters. The van der Waals surface area contributed by atoms with Gasteiger partial charge in [-0.3, -0.25) is 14.2 Å². The van der Waals surface area contributed by atoms with E-state index in [0.717, 1.165) is 12.8 Å². The normalized spacial score (nSPS) is 15.3. The van der Waals surface area contributed by atoms with Gasteiger partial charge >= 0.3 is 0 Å². The Labute approximate surface area is 157 Å². The molecule has 0 bridgehead atoms. The van der Waals surface area contributed by atoms with Crippen LogP contribution in [0.15, 0.2) is 34.4 Å². The smallest absolute Gasteiger partial charge is 0.277 e. The second-order valence-corrected chi connectivity index (χ2v) is 6.97. The predicted molar refractivity (Wildman–Crippen MR) is 98.8 cm³/mol. The van der Waals surface area contributed by atoms with Crippen molar-refractivity contribution < 1.29 is 0 Å². The molecule has 0 aliphatic heterocycles. The average molecular weight is 379 g/mol. The zero-order valence-electron chi connectivity index (χ0n) is 15.1. The van der Waals surface area contributed by atoms with Crippen molar-refractivity contribution in [2.75, 3.05) is 0 Å². The molecule has 11 heteroatoms. The van der Waals surface area contributed by atoms with Crippen LogP contribution in [0, 0.1) is 0 Å². The molecule has 3 aromatic heterocycles. The first kappa shape index (κ1) is 16.7. The Morgan fingerprint density at radius 2 is 1.89 bits per heavy atom. The van der Waals surface area contributed by atoms with Gasteiger partial charge in [-0.15, -0.1) is 15.3 Å². The van der Waals surface area contributed by atoms with Gasteiger partial charge in [0.05, 0.1) is 41.2 Å². The van der Waals surface area contributed by atoms with E-state index >= 15 is 0 Å². The lowest BCUT2D eigenvalue weighted by molar-refractivity contribution is 0.357. The largest absolute Gasteiger partial charge is 0.294 e. The molecule has 1 aromatic carbocycles. The highest BCUT2D eigenvalue weighted by Gasteiger charge is 2.27. The van der Waals surface area contributed by atoms with Crippen LogP contribution in [0.1, 0.15) is 38.3 Å². The number of hydrogen-bond donors (Lipinski definition) is 0. The summed E-state index contributed by atoms with van der Waals surface area (Å²) in [6.45, 7) is 2.38. The van der Waals surface area contributed by atoms with Gasteiger partial charge in [0, 0.05) is 0 Å². The van der Waals surface area contributed by atoms with Crippen molar-refractivity contribution in [1.82, 2.24) is 44.8 Å². The minimum atomic E-state index is -0.202. The first-order valence-electron chi connectivity index (χ1n) is 9.16. The summed E-state index contributed by atoms with van der Waals surface area (Å²) in [5.74, 6) is 0. The Hall–Kier alpha value is -3.50. The van der Waals surface area contributed by atoms with Crippen LogP contribution >= 0.6 is 0 Å². The molecular formula is C17H17N9O2. The van der Waals surface area contributed by atoms with E-state index in [1.54, 1.807) is 16.7 Å². The molecule has 142 valence electrons. The molecule has 1 aliphatic rings. The molecule has 4 aromatic rings. The Kier molecular flexibility index (Phi) is 3.74. The predicted octanol–water partition coefficient (Wildman–Crippen LogP) is 0.474. The molecule has 1 saturated carbocycles. The van der Waals surface area contributed by atoms with Crippen molar-refractivity contribution in [3.63, 3.8) is 0 Å². The lowest BCUT2D eigenvalue weighted by Crippen LogP contribution is -2.29. The molecule has 0 amide bonds. The Morgan fingerprint density at radius 3 is 2.61 bits per heavy atom. The van der Waals surface area contributed by atoms with E-state index < -0.39 is 0 Å². The van der Waals surface area contributed by atoms with E-state index in [1.807, 2.05) is 6.92 Å². The van der Waals surface area contributed by atoms with Gasteiger partial charge < -0.3 is 0 Å². The zero-order valence-corrected chi connectivity index (χ0v) is 15.1. The molecule has 28 heavy (non-hydrogen) atoms. The van der Waals surface area contributed by atoms with Crippen LogP contribution in [0.5, 0.6) is 0 Å². The van der Waals surface area contributed by atoms with Crippen molar-refractivity contribution in [2.45, 2.75) is 44.8 Å². The van der Waals surface area contributed by atoms with Crippen LogP contribution in [0.25, 0.3) is 21.8 Å². The molecule has 11 nitrogen and oxygen atoms in total. The summed E-state index contributed by atoms with van der Waals surface area (Å²) in [6.07, 6.45) is 5.43. The second kappa shape index (κ2) is 6.29. The van der Waals surface area contributed by atoms with Crippen LogP contribution < -0.4 is 11.1 Å². The molecular weight excluding hydrogens is 362 g/mol. The SMILES string of the molecule is CCC(Cn1ncnn1)n1cnc2cc3c(=O)n(C4CC4)nnc3cc2c1=O. The average Bonchev–Trinajstić information content (AvgIpc) is 3.42. The highest BCUT2D eigenvalue weighted by molar-refractivity contribution is 5.93. The summed E-state index contributed by atoms with van der Waals surface area (Å²) in [4.78, 5) is 31.6. The summed E-state index contributed by atoms with van der Waals surface area (Å²) in [5, 5.41) is 20.6. The fourth-order valence-corrected chi connectivity index (χ4v) is 3.38. The maximum absolute atomic E-state index is 13.1. The van der Waals surface area contributed by atoms with Gasteiger partial charge in [-0.1, -0.05) is 12.1 Å². The minimum absolute atomic E-state index is 0.136. The number of nitrogens with zero attached hydrogens (tertiary/aromatic N) is 9. The monoisotopic (exact) mass is 379 g/mol. The minimum Gasteiger partial charge on any atom is -0.294 e. The van der Waals surface area contributed by atoms with Crippen LogP contribution in [0.4, 0.5) is 0 Å². The van der Waals surface area contributed by atoms with Gasteiger partial charge in [0.1, 0.15) is 5.52 Å². The third kappa shape index (κ3) is 2.66. The van der Waals surface area contributed by atoms with Crippen molar-refractivity contribution in [3.8, 4) is 0 Å². The van der Waals surface area contributed by atoms with Crippen LogP contribution in [-0.4, -0.2) is 44.8 Å². The topological polar surface area (TPSA) is 126 Å². The molecule has 3 heterocycles. The van der Waals surface area contributed by atoms with Crippen LogP contribution in [0.2, 0.25) is 0 Å². The number of tetrazole rings is 1. The van der Waals surface area contributed by atoms with E-state index in [-0.39, 0.29) is 23.2 Å². The number of aromatic nitrogens is 9. The highest BCUT2D eigenvalue weighted by Crippen LogP contribution is 2.32. The highest BCUT2D eigenvalue weighted by atomic mass is 16.1. The standard InChI is InChI=1S/C17H17N9O2/c1-2-10(7-25-20-8-19-22-25)24-9-18-14-5-13-15(6-12(14)16(24)27)21-23-26(17(13)28)11-3-4-11/h5-6,8-11H,2-4,7H2,1H3. The Balaban J connectivity index is 1.64. The van der Waals surface area contributed by atoms with Gasteiger partial charge in [-0.2, -0.15) is 4.80 Å². The van der Waals surface area contributed by atoms with Gasteiger partial charge in [0.15, 0.2) is 6.33 Å². The number of benzene rings is 1. The van der Waals surface area contributed by atoms with Crippen molar-refractivity contribution in [1.29, 1.82) is 0 Å². The maximum atomic E-state index is 13.1. The quantitative estimate of drug-likeness (QED) is 0.458. The van der Waals surface area contributed by atoms with Crippen molar-refractivity contribution in [3.05, 3.63) is 45.5 Å². The fraction of sp³-hybridized carbons (Fsp3) is 0.412. The summed E-state index contributed by atoms with van der Waals surface area (Å²) in [7, 11) is 0. The first-order chi connectivity index (χ1) is 13.7. The third-order valence-corrected chi connectivity index (χ3v) is 5.11. The molecule has 0 spiro atoms. The van der Waals surface area contributed by atoms with Gasteiger partial charge in [-0.05, 0) is 36.6 Å². The summed E-state index contributed by atoms with van der Waals surface area (Å²) >= 11 is 0. The number of hydrogen-bond acceptors (Lipinski definition) is 8. The number of rotatable bonds is 5. The first-order valence-corrected chi connectivity index (χ1v) is 9.16. The molecule has 0 radical (unpaired) electrons. The van der Waals surface area contributed by atoms with E-state index in [4.69, 9.17) is 0 Å². The van der Waals surface area contributed by atoms with E-state index in [0.29, 0.717) is 34.8 Å². The van der Waals surface area contributed by atoms with E-state index in [9.17, 15) is 9.59 Å². The van der Waals surface area contributed by atoms with Gasteiger partial charge in [-0.25, -0.2) is 9.67 Å². The summed E-state index contributed by atoms with van der Waals surface area (Å²) in [6, 6.07) is 3.19. The molecule has 0 N–H and O–H groups in total. The molecule has 1 fully saturated rings. The lowest BCUT2D eigenvalue weighted by atomic mass is 10.1. The van der Waals surface area contributed by atoms with Crippen molar-refractivity contribution >= 4 is 21.8 Å². The lowest BCUT2D eigenvalue weighted by Gasteiger charge is -2.17. The molecule has 0 saturated heterocycles. The summed E-state index contributed by atoms with van der Waals surface area (Å²) in [5.41, 5.74) is 0.475. The summed E-state index contributed by atoms with van der Waals surface area (Å²) < 4.78 is 2.99. The fourth-order valence-electron chi connectivity index (χ4n) is 3.38. The Morgan fingerprint density at radius 1 is 1.11 bits per heavy atom. The van der Waals surface area contributed by atoms with Crippen LogP contribution in [-0.2, 0) is 6.54 Å². The molecule has 1 aliphatic carbocycles. The maximum Gasteiger partial charge on any atom is 0.277 e. The van der Waals surface area contributed by atoms with Gasteiger partial charge in [0.25, 0.3) is 11.1 Å². The van der Waals surface area contributed by atoms with E-state index in [2.05, 4.69) is 30.7 Å². The third-order valence-electron chi connectivity index (χ3n) is 5.11. The van der Waals surface area contributed by atoms with Crippen LogP contribution in [0.3, 0.4) is 0 Å². The van der Waals surface area contributed by atoms with Gasteiger partial charge in [0.2, 0.25) is 0 Å².